The van der Waals surface area contributed by atoms with Gasteiger partial charge in [0.05, 0.1) is 11.9 Å². The van der Waals surface area contributed by atoms with E-state index >= 15 is 0 Å². The van der Waals surface area contributed by atoms with Crippen LogP contribution < -0.4 is 14.9 Å². The predicted octanol–water partition coefficient (Wildman–Crippen LogP) is 4.67. The highest BCUT2D eigenvalue weighted by Crippen LogP contribution is 2.31. The largest absolute Gasteiger partial charge is 0.377 e. The lowest BCUT2D eigenvalue weighted by molar-refractivity contribution is 0.0707. The molecule has 0 radical (unpaired) electrons. The number of carbonyl (C=O) groups is 1. The van der Waals surface area contributed by atoms with E-state index in [4.69, 9.17) is 4.98 Å². The molecule has 3 heterocycles. The van der Waals surface area contributed by atoms with Crippen LogP contribution in [0, 0.1) is 0 Å². The summed E-state index contributed by atoms with van der Waals surface area (Å²) in [6.07, 6.45) is 5.69. The van der Waals surface area contributed by atoms with Crippen LogP contribution in [0.15, 0.2) is 42.6 Å². The van der Waals surface area contributed by atoms with Crippen molar-refractivity contribution in [2.45, 2.75) is 58.5 Å². The molecular formula is C27H38N6O3S. The van der Waals surface area contributed by atoms with Gasteiger partial charge in [-0.25, -0.2) is 13.4 Å². The second kappa shape index (κ2) is 10.6. The highest BCUT2D eigenvalue weighted by molar-refractivity contribution is 7.92. The second-order valence-electron chi connectivity index (χ2n) is 10.8. The maximum Gasteiger partial charge on any atom is 0.270 e. The Balaban J connectivity index is 1.47. The number of piperidine rings is 1. The van der Waals surface area contributed by atoms with Gasteiger partial charge < -0.3 is 20.1 Å². The van der Waals surface area contributed by atoms with Crippen molar-refractivity contribution >= 4 is 44.0 Å². The zero-order valence-corrected chi connectivity index (χ0v) is 23.2. The van der Waals surface area contributed by atoms with Crippen LogP contribution >= 0.6 is 0 Å². The molecule has 37 heavy (non-hydrogen) atoms. The van der Waals surface area contributed by atoms with Crippen molar-refractivity contribution in [3.63, 3.8) is 0 Å². The van der Waals surface area contributed by atoms with Crippen molar-refractivity contribution in [2.24, 2.45) is 0 Å². The zero-order valence-electron chi connectivity index (χ0n) is 22.3. The monoisotopic (exact) mass is 526 g/mol. The van der Waals surface area contributed by atoms with Crippen LogP contribution in [-0.4, -0.2) is 66.7 Å². The first-order valence-corrected chi connectivity index (χ1v) is 14.7. The molecule has 1 fully saturated rings. The van der Waals surface area contributed by atoms with Crippen molar-refractivity contribution in [1.82, 2.24) is 14.9 Å². The predicted molar refractivity (Wildman–Crippen MR) is 151 cm³/mol. The number of aromatic amines is 1. The summed E-state index contributed by atoms with van der Waals surface area (Å²) >= 11 is 0. The number of nitrogens with one attached hydrogen (secondary N) is 3. The average molecular weight is 527 g/mol. The number of carbonyl (C=O) groups excluding carboxylic acids is 1. The van der Waals surface area contributed by atoms with Gasteiger partial charge in [0.25, 0.3) is 5.91 Å². The molecule has 0 saturated carbocycles. The number of rotatable bonds is 8. The quantitative estimate of drug-likeness (QED) is 0.394. The SMILES string of the molecule is CCCN(c1ncccc1NC(C)(C)C)C1CCN(C(=O)c2cc3cc(NS(C)(=O)=O)ccc3[nH]2)CC1. The van der Waals surface area contributed by atoms with Gasteiger partial charge in [0.15, 0.2) is 5.82 Å². The molecule has 1 aliphatic rings. The maximum absolute atomic E-state index is 13.3. The van der Waals surface area contributed by atoms with Crippen molar-refractivity contribution in [2.75, 3.05) is 40.8 Å². The van der Waals surface area contributed by atoms with Crippen molar-refractivity contribution in [3.05, 3.63) is 48.3 Å². The Morgan fingerprint density at radius 2 is 1.92 bits per heavy atom. The maximum atomic E-state index is 13.3. The van der Waals surface area contributed by atoms with Gasteiger partial charge in [-0.1, -0.05) is 6.92 Å². The summed E-state index contributed by atoms with van der Waals surface area (Å²) in [7, 11) is -3.37. The first-order valence-electron chi connectivity index (χ1n) is 12.8. The summed E-state index contributed by atoms with van der Waals surface area (Å²) in [6, 6.07) is 11.3. The van der Waals surface area contributed by atoms with Crippen LogP contribution in [0.3, 0.4) is 0 Å². The van der Waals surface area contributed by atoms with Gasteiger partial charge in [-0.05, 0) is 76.4 Å². The Morgan fingerprint density at radius 1 is 1.19 bits per heavy atom. The molecule has 3 N–H and O–H groups in total. The number of benzene rings is 1. The number of H-pyrrole nitrogens is 1. The minimum absolute atomic E-state index is 0.0396. The minimum atomic E-state index is -3.37. The smallest absolute Gasteiger partial charge is 0.270 e. The number of aromatic nitrogens is 2. The first kappa shape index (κ1) is 26.8. The number of hydrogen-bond acceptors (Lipinski definition) is 6. The summed E-state index contributed by atoms with van der Waals surface area (Å²) in [5.74, 6) is 0.931. The average Bonchev–Trinajstić information content (AvgIpc) is 3.24. The molecule has 200 valence electrons. The lowest BCUT2D eigenvalue weighted by Crippen LogP contribution is -2.47. The lowest BCUT2D eigenvalue weighted by Gasteiger charge is -2.40. The number of nitrogens with zero attached hydrogens (tertiary/aromatic N) is 3. The van der Waals surface area contributed by atoms with Crippen LogP contribution in [0.2, 0.25) is 0 Å². The Hall–Kier alpha value is -3.27. The second-order valence-corrected chi connectivity index (χ2v) is 12.6. The molecule has 0 spiro atoms. The molecule has 0 aliphatic carbocycles. The Morgan fingerprint density at radius 3 is 2.57 bits per heavy atom. The Labute approximate surface area is 219 Å². The molecule has 1 aliphatic heterocycles. The van der Waals surface area contributed by atoms with E-state index in [1.165, 1.54) is 0 Å². The third-order valence-electron chi connectivity index (χ3n) is 6.38. The Bertz CT molecular complexity index is 1350. The van der Waals surface area contributed by atoms with Gasteiger partial charge in [-0.3, -0.25) is 9.52 Å². The highest BCUT2D eigenvalue weighted by atomic mass is 32.2. The van der Waals surface area contributed by atoms with E-state index in [1.807, 2.05) is 17.2 Å². The van der Waals surface area contributed by atoms with Crippen LogP contribution in [0.1, 0.15) is 57.4 Å². The minimum Gasteiger partial charge on any atom is -0.377 e. The van der Waals surface area contributed by atoms with Crippen molar-refractivity contribution in [3.8, 4) is 0 Å². The number of fused-ring (bicyclic) bond motifs is 1. The fourth-order valence-corrected chi connectivity index (χ4v) is 5.46. The Kier molecular flexibility index (Phi) is 7.68. The molecule has 2 aromatic heterocycles. The normalized spacial score (nSPS) is 15.1. The van der Waals surface area contributed by atoms with Crippen LogP contribution in [0.4, 0.5) is 17.2 Å². The third kappa shape index (κ3) is 6.74. The van der Waals surface area contributed by atoms with Gasteiger partial charge in [0.2, 0.25) is 10.0 Å². The number of amides is 1. The van der Waals surface area contributed by atoms with Gasteiger partial charge in [0, 0.05) is 54.0 Å². The molecule has 1 aromatic carbocycles. The van der Waals surface area contributed by atoms with Gasteiger partial charge >= 0.3 is 0 Å². The summed E-state index contributed by atoms with van der Waals surface area (Å²) in [4.78, 5) is 25.6. The summed E-state index contributed by atoms with van der Waals surface area (Å²) in [6.45, 7) is 10.8. The molecule has 10 heteroatoms. The van der Waals surface area contributed by atoms with Gasteiger partial charge in [-0.2, -0.15) is 0 Å². The van der Waals surface area contributed by atoms with Crippen molar-refractivity contribution in [1.29, 1.82) is 0 Å². The summed E-state index contributed by atoms with van der Waals surface area (Å²) in [5, 5.41) is 4.38. The van der Waals surface area contributed by atoms with E-state index in [1.54, 1.807) is 24.3 Å². The van der Waals surface area contributed by atoms with Gasteiger partial charge in [0.1, 0.15) is 5.69 Å². The molecule has 3 aromatic rings. The van der Waals surface area contributed by atoms with Crippen LogP contribution in [0.25, 0.3) is 10.9 Å². The van der Waals surface area contributed by atoms with E-state index in [2.05, 4.69) is 53.7 Å². The lowest BCUT2D eigenvalue weighted by atomic mass is 10.0. The van der Waals surface area contributed by atoms with E-state index in [0.29, 0.717) is 30.5 Å². The number of likely N-dealkylation sites (tertiary alicyclic amines) is 1. The summed E-state index contributed by atoms with van der Waals surface area (Å²) < 4.78 is 25.6. The highest BCUT2D eigenvalue weighted by Gasteiger charge is 2.30. The van der Waals surface area contributed by atoms with Crippen molar-refractivity contribution < 1.29 is 13.2 Å². The molecule has 0 bridgehead atoms. The fraction of sp³-hybridized carbons (Fsp3) is 0.481. The van der Waals surface area contributed by atoms with E-state index < -0.39 is 10.0 Å². The third-order valence-corrected chi connectivity index (χ3v) is 6.99. The fourth-order valence-electron chi connectivity index (χ4n) is 4.91. The summed E-state index contributed by atoms with van der Waals surface area (Å²) in [5.41, 5.74) is 2.73. The number of pyridine rings is 1. The number of sulfonamides is 1. The molecular weight excluding hydrogens is 488 g/mol. The standard InChI is InChI=1S/C27H38N6O3S/c1-6-14-33(25-23(8-7-13-28-25)30-27(2,3)4)21-11-15-32(16-12-21)26(34)24-18-19-17-20(31-37(5,35)36)9-10-22(19)29-24/h7-10,13,17-18,21,29-31H,6,11-12,14-16H2,1-5H3. The van der Waals surface area contributed by atoms with E-state index in [0.717, 1.165) is 54.5 Å². The number of anilines is 3. The van der Waals surface area contributed by atoms with E-state index in [9.17, 15) is 13.2 Å². The molecule has 1 saturated heterocycles. The van der Waals surface area contributed by atoms with Crippen LogP contribution in [-0.2, 0) is 10.0 Å². The molecule has 4 rings (SSSR count). The zero-order chi connectivity index (χ0) is 26.8. The molecule has 0 unspecified atom stereocenters. The van der Waals surface area contributed by atoms with Gasteiger partial charge in [-0.15, -0.1) is 0 Å². The van der Waals surface area contributed by atoms with Crippen LogP contribution in [0.5, 0.6) is 0 Å². The topological polar surface area (TPSA) is 110 Å². The molecule has 0 atom stereocenters. The van der Waals surface area contributed by atoms with E-state index in [-0.39, 0.29) is 11.4 Å². The molecule has 9 nitrogen and oxygen atoms in total. The molecule has 1 amide bonds. The number of hydrogen-bond donors (Lipinski definition) is 3. The first-order chi connectivity index (χ1) is 17.4.